The van der Waals surface area contributed by atoms with Crippen molar-refractivity contribution in [3.8, 4) is 0 Å². The lowest BCUT2D eigenvalue weighted by Gasteiger charge is -2.23. The summed E-state index contributed by atoms with van der Waals surface area (Å²) in [6.45, 7) is 4.84. The monoisotopic (exact) mass is 205 g/mol. The molecule has 0 spiro atoms. The molecule has 0 aliphatic rings. The zero-order valence-corrected chi connectivity index (χ0v) is 9.62. The largest absolute Gasteiger partial charge is 0.386 e. The van der Waals surface area contributed by atoms with E-state index in [-0.39, 0.29) is 11.9 Å². The Morgan fingerprint density at radius 2 is 1.93 bits per heavy atom. The minimum atomic E-state index is -0.00805. The fraction of sp³-hybridized carbons (Fsp3) is 0.417. The second-order valence-corrected chi connectivity index (χ2v) is 4.03. The van der Waals surface area contributed by atoms with E-state index in [1.54, 1.807) is 0 Å². The Labute approximate surface area is 91.4 Å². The molecule has 0 heterocycles. The summed E-state index contributed by atoms with van der Waals surface area (Å²) in [5.74, 6) is 0.213. The fourth-order valence-electron chi connectivity index (χ4n) is 1.36. The predicted octanol–water partition coefficient (Wildman–Crippen LogP) is 1.75. The van der Waals surface area contributed by atoms with Crippen LogP contribution in [0.3, 0.4) is 0 Å². The molecule has 0 fully saturated rings. The average Bonchev–Trinajstić information content (AvgIpc) is 2.20. The Morgan fingerprint density at radius 1 is 1.40 bits per heavy atom. The van der Waals surface area contributed by atoms with E-state index in [4.69, 9.17) is 11.1 Å². The van der Waals surface area contributed by atoms with Crippen molar-refractivity contribution in [3.63, 3.8) is 0 Å². The Morgan fingerprint density at radius 3 is 2.40 bits per heavy atom. The van der Waals surface area contributed by atoms with Crippen molar-refractivity contribution in [2.24, 2.45) is 5.73 Å². The normalized spacial score (nSPS) is 12.8. The first-order valence-electron chi connectivity index (χ1n) is 5.10. The van der Waals surface area contributed by atoms with E-state index in [1.165, 1.54) is 11.1 Å². The van der Waals surface area contributed by atoms with Gasteiger partial charge in [0.05, 0.1) is 6.04 Å². The smallest absolute Gasteiger partial charge is 0.108 e. The number of hydrogen-bond acceptors (Lipinski definition) is 2. The van der Waals surface area contributed by atoms with Gasteiger partial charge in [-0.1, -0.05) is 29.8 Å². The minimum Gasteiger partial charge on any atom is -0.386 e. The number of likely N-dealkylation sites (N-methyl/N-ethyl adjacent to an activating group) is 1. The van der Waals surface area contributed by atoms with Crippen LogP contribution < -0.4 is 5.73 Å². The number of hydrogen-bond donors (Lipinski definition) is 2. The zero-order valence-electron chi connectivity index (χ0n) is 9.62. The van der Waals surface area contributed by atoms with Crippen LogP contribution in [-0.4, -0.2) is 23.8 Å². The van der Waals surface area contributed by atoms with Gasteiger partial charge in [0.1, 0.15) is 5.84 Å². The molecule has 1 aromatic rings. The summed E-state index contributed by atoms with van der Waals surface area (Å²) < 4.78 is 0. The summed E-state index contributed by atoms with van der Waals surface area (Å²) >= 11 is 0. The van der Waals surface area contributed by atoms with E-state index >= 15 is 0 Å². The van der Waals surface area contributed by atoms with Crippen molar-refractivity contribution >= 4 is 5.84 Å². The molecule has 1 rings (SSSR count). The van der Waals surface area contributed by atoms with Gasteiger partial charge >= 0.3 is 0 Å². The van der Waals surface area contributed by atoms with Crippen LogP contribution in [0, 0.1) is 12.3 Å². The van der Waals surface area contributed by atoms with Crippen molar-refractivity contribution in [2.75, 3.05) is 7.05 Å². The third-order valence-electron chi connectivity index (χ3n) is 2.66. The molecular weight excluding hydrogens is 186 g/mol. The Hall–Kier alpha value is -1.35. The number of nitrogens with zero attached hydrogens (tertiary/aromatic N) is 1. The number of aryl methyl sites for hydroxylation is 1. The molecule has 1 aromatic carbocycles. The SMILES string of the molecule is Cc1ccc(CN(C)C(C)C(=N)N)cc1. The fourth-order valence-corrected chi connectivity index (χ4v) is 1.36. The standard InChI is InChI=1S/C12H19N3/c1-9-4-6-11(7-5-9)8-15(3)10(2)12(13)14/h4-7,10H,8H2,1-3H3,(H3,13,14). The quantitative estimate of drug-likeness (QED) is 0.581. The van der Waals surface area contributed by atoms with Crippen molar-refractivity contribution < 1.29 is 0 Å². The Bertz CT molecular complexity index is 329. The van der Waals surface area contributed by atoms with Crippen LogP contribution in [0.25, 0.3) is 0 Å². The maximum atomic E-state index is 7.37. The molecule has 0 amide bonds. The molecular formula is C12H19N3. The van der Waals surface area contributed by atoms with Crippen molar-refractivity contribution in [1.82, 2.24) is 4.90 Å². The summed E-state index contributed by atoms with van der Waals surface area (Å²) in [7, 11) is 1.98. The highest BCUT2D eigenvalue weighted by molar-refractivity contribution is 5.82. The molecule has 3 N–H and O–H groups in total. The second-order valence-electron chi connectivity index (χ2n) is 4.03. The molecule has 0 aliphatic carbocycles. The highest BCUT2D eigenvalue weighted by atomic mass is 15.1. The molecule has 0 aromatic heterocycles. The van der Waals surface area contributed by atoms with E-state index in [2.05, 4.69) is 36.1 Å². The lowest BCUT2D eigenvalue weighted by atomic mass is 10.1. The zero-order chi connectivity index (χ0) is 11.4. The van der Waals surface area contributed by atoms with Gasteiger partial charge in [0.2, 0.25) is 0 Å². The molecule has 0 radical (unpaired) electrons. The molecule has 1 atom stereocenters. The Kier molecular flexibility index (Phi) is 3.86. The van der Waals surface area contributed by atoms with E-state index < -0.39 is 0 Å². The summed E-state index contributed by atoms with van der Waals surface area (Å²) in [5.41, 5.74) is 7.97. The molecule has 3 heteroatoms. The number of amidine groups is 1. The lowest BCUT2D eigenvalue weighted by Crippen LogP contribution is -2.39. The maximum absolute atomic E-state index is 7.37. The van der Waals surface area contributed by atoms with Gasteiger partial charge in [0.15, 0.2) is 0 Å². The van der Waals surface area contributed by atoms with Gasteiger partial charge in [-0.15, -0.1) is 0 Å². The van der Waals surface area contributed by atoms with E-state index in [0.29, 0.717) is 0 Å². The van der Waals surface area contributed by atoms with Crippen LogP contribution in [0.4, 0.5) is 0 Å². The van der Waals surface area contributed by atoms with E-state index in [0.717, 1.165) is 6.54 Å². The molecule has 82 valence electrons. The van der Waals surface area contributed by atoms with Gasteiger partial charge in [0, 0.05) is 6.54 Å². The third kappa shape index (κ3) is 3.36. The molecule has 0 bridgehead atoms. The second kappa shape index (κ2) is 4.94. The summed E-state index contributed by atoms with van der Waals surface area (Å²) in [6, 6.07) is 8.41. The van der Waals surface area contributed by atoms with Crippen LogP contribution in [0.2, 0.25) is 0 Å². The number of nitrogens with two attached hydrogens (primary N) is 1. The van der Waals surface area contributed by atoms with Crippen LogP contribution >= 0.6 is 0 Å². The van der Waals surface area contributed by atoms with Crippen LogP contribution in [0.5, 0.6) is 0 Å². The summed E-state index contributed by atoms with van der Waals surface area (Å²) in [5, 5.41) is 7.37. The first-order valence-corrected chi connectivity index (χ1v) is 5.10. The molecule has 1 unspecified atom stereocenters. The maximum Gasteiger partial charge on any atom is 0.108 e. The average molecular weight is 205 g/mol. The van der Waals surface area contributed by atoms with Gasteiger partial charge in [-0.2, -0.15) is 0 Å². The van der Waals surface area contributed by atoms with Gasteiger partial charge in [0.25, 0.3) is 0 Å². The first-order chi connectivity index (χ1) is 7.00. The number of benzene rings is 1. The molecule has 15 heavy (non-hydrogen) atoms. The molecule has 0 saturated heterocycles. The van der Waals surface area contributed by atoms with Crippen molar-refractivity contribution in [3.05, 3.63) is 35.4 Å². The summed E-state index contributed by atoms with van der Waals surface area (Å²) in [6.07, 6.45) is 0. The minimum absolute atomic E-state index is 0.00805. The number of nitrogens with one attached hydrogen (secondary N) is 1. The van der Waals surface area contributed by atoms with Crippen LogP contribution in [0.1, 0.15) is 18.1 Å². The number of rotatable bonds is 4. The lowest BCUT2D eigenvalue weighted by molar-refractivity contribution is 0.301. The van der Waals surface area contributed by atoms with Gasteiger partial charge < -0.3 is 5.73 Å². The molecule has 0 aliphatic heterocycles. The van der Waals surface area contributed by atoms with E-state index in [9.17, 15) is 0 Å². The first kappa shape index (κ1) is 11.7. The predicted molar refractivity (Wildman–Crippen MR) is 64.0 cm³/mol. The van der Waals surface area contributed by atoms with Crippen LogP contribution in [0.15, 0.2) is 24.3 Å². The van der Waals surface area contributed by atoms with E-state index in [1.807, 2.05) is 14.0 Å². The Balaban J connectivity index is 2.62. The van der Waals surface area contributed by atoms with Gasteiger partial charge in [-0.25, -0.2) is 0 Å². The van der Waals surface area contributed by atoms with Gasteiger partial charge in [-0.3, -0.25) is 10.3 Å². The topological polar surface area (TPSA) is 53.1 Å². The van der Waals surface area contributed by atoms with Gasteiger partial charge in [-0.05, 0) is 26.5 Å². The molecule has 3 nitrogen and oxygen atoms in total. The van der Waals surface area contributed by atoms with Crippen LogP contribution in [-0.2, 0) is 6.54 Å². The van der Waals surface area contributed by atoms with Crippen molar-refractivity contribution in [1.29, 1.82) is 5.41 Å². The summed E-state index contributed by atoms with van der Waals surface area (Å²) in [4.78, 5) is 2.06. The molecule has 0 saturated carbocycles. The highest BCUT2D eigenvalue weighted by Gasteiger charge is 2.11. The van der Waals surface area contributed by atoms with Crippen molar-refractivity contribution in [2.45, 2.75) is 26.4 Å². The third-order valence-corrected chi connectivity index (χ3v) is 2.66. The highest BCUT2D eigenvalue weighted by Crippen LogP contribution is 2.07.